The van der Waals surface area contributed by atoms with Crippen LogP contribution in [0.5, 0.6) is 0 Å². The molecule has 0 saturated heterocycles. The molecule has 1 rings (SSSR count). The van der Waals surface area contributed by atoms with Crippen molar-refractivity contribution in [2.75, 3.05) is 19.5 Å². The maximum atomic E-state index is 5.39. The number of hydrogen-bond donors (Lipinski definition) is 0. The summed E-state index contributed by atoms with van der Waals surface area (Å²) in [4.78, 5) is 0. The predicted octanol–water partition coefficient (Wildman–Crippen LogP) is 2.93. The van der Waals surface area contributed by atoms with Gasteiger partial charge in [0.15, 0.2) is 6.29 Å². The molecule has 15 heavy (non-hydrogen) atoms. The van der Waals surface area contributed by atoms with Crippen LogP contribution in [0.4, 0.5) is 0 Å². The van der Waals surface area contributed by atoms with Crippen molar-refractivity contribution in [3.8, 4) is 0 Å². The number of hydrogen-bond acceptors (Lipinski definition) is 3. The van der Waals surface area contributed by atoms with Gasteiger partial charge in [0.05, 0.1) is 6.61 Å². The van der Waals surface area contributed by atoms with Gasteiger partial charge in [-0.05, 0) is 12.5 Å². The van der Waals surface area contributed by atoms with Gasteiger partial charge >= 0.3 is 0 Å². The van der Waals surface area contributed by atoms with Gasteiger partial charge in [-0.25, -0.2) is 0 Å². The van der Waals surface area contributed by atoms with E-state index in [9.17, 15) is 0 Å². The molecule has 0 aromatic heterocycles. The van der Waals surface area contributed by atoms with Crippen LogP contribution in [0.3, 0.4) is 0 Å². The van der Waals surface area contributed by atoms with E-state index >= 15 is 0 Å². The van der Waals surface area contributed by atoms with Gasteiger partial charge in [0.25, 0.3) is 0 Å². The maximum absolute atomic E-state index is 5.39. The standard InChI is InChI=1S/C12H18O2S/c1-11(13-2)14-8-9-15-10-12-6-4-3-5-7-12/h3-7,11H,8-10H2,1-2H3. The van der Waals surface area contributed by atoms with Crippen LogP contribution in [-0.2, 0) is 15.2 Å². The van der Waals surface area contributed by atoms with Crippen LogP contribution < -0.4 is 0 Å². The quantitative estimate of drug-likeness (QED) is 0.526. The zero-order valence-electron chi connectivity index (χ0n) is 9.31. The first-order valence-electron chi connectivity index (χ1n) is 5.09. The third kappa shape index (κ3) is 5.82. The number of methoxy groups -OCH3 is 1. The second-order valence-corrected chi connectivity index (χ2v) is 4.32. The van der Waals surface area contributed by atoms with E-state index in [1.807, 2.05) is 24.8 Å². The van der Waals surface area contributed by atoms with Crippen molar-refractivity contribution in [3.63, 3.8) is 0 Å². The van der Waals surface area contributed by atoms with Crippen LogP contribution >= 0.6 is 11.8 Å². The normalized spacial score (nSPS) is 12.7. The average molecular weight is 226 g/mol. The fraction of sp³-hybridized carbons (Fsp3) is 0.500. The predicted molar refractivity (Wildman–Crippen MR) is 65.0 cm³/mol. The lowest BCUT2D eigenvalue weighted by atomic mass is 10.2. The summed E-state index contributed by atoms with van der Waals surface area (Å²) < 4.78 is 10.4. The Morgan fingerprint density at radius 1 is 1.27 bits per heavy atom. The van der Waals surface area contributed by atoms with Gasteiger partial charge in [0, 0.05) is 18.6 Å². The Morgan fingerprint density at radius 3 is 2.67 bits per heavy atom. The fourth-order valence-corrected chi connectivity index (χ4v) is 1.89. The van der Waals surface area contributed by atoms with E-state index in [0.717, 1.165) is 18.1 Å². The van der Waals surface area contributed by atoms with Crippen LogP contribution in [0.15, 0.2) is 30.3 Å². The van der Waals surface area contributed by atoms with Crippen molar-refractivity contribution in [3.05, 3.63) is 35.9 Å². The minimum absolute atomic E-state index is 0.0951. The first-order valence-corrected chi connectivity index (χ1v) is 6.24. The van der Waals surface area contributed by atoms with E-state index in [4.69, 9.17) is 9.47 Å². The molecule has 2 nitrogen and oxygen atoms in total. The second-order valence-electron chi connectivity index (χ2n) is 3.21. The molecule has 0 aliphatic heterocycles. The fourth-order valence-electron chi connectivity index (χ4n) is 1.11. The summed E-state index contributed by atoms with van der Waals surface area (Å²) in [7, 11) is 1.65. The minimum atomic E-state index is -0.0951. The topological polar surface area (TPSA) is 18.5 Å². The Kier molecular flexibility index (Phi) is 6.48. The molecule has 0 spiro atoms. The molecule has 0 N–H and O–H groups in total. The molecule has 3 heteroatoms. The molecule has 0 heterocycles. The summed E-state index contributed by atoms with van der Waals surface area (Å²) in [6.45, 7) is 2.65. The largest absolute Gasteiger partial charge is 0.356 e. The average Bonchev–Trinajstić information content (AvgIpc) is 2.29. The molecular formula is C12H18O2S. The Morgan fingerprint density at radius 2 is 2.00 bits per heavy atom. The van der Waals surface area contributed by atoms with Crippen molar-refractivity contribution in [1.29, 1.82) is 0 Å². The van der Waals surface area contributed by atoms with E-state index in [0.29, 0.717) is 0 Å². The summed E-state index contributed by atoms with van der Waals surface area (Å²) in [5.74, 6) is 2.05. The monoisotopic (exact) mass is 226 g/mol. The number of thioether (sulfide) groups is 1. The molecular weight excluding hydrogens is 208 g/mol. The Labute approximate surface area is 96.0 Å². The van der Waals surface area contributed by atoms with Crippen molar-refractivity contribution in [2.45, 2.75) is 19.0 Å². The zero-order chi connectivity index (χ0) is 10.9. The first-order chi connectivity index (χ1) is 7.33. The molecule has 84 valence electrons. The van der Waals surface area contributed by atoms with E-state index in [-0.39, 0.29) is 6.29 Å². The van der Waals surface area contributed by atoms with Crippen molar-refractivity contribution < 1.29 is 9.47 Å². The highest BCUT2D eigenvalue weighted by Gasteiger charge is 1.98. The van der Waals surface area contributed by atoms with E-state index < -0.39 is 0 Å². The van der Waals surface area contributed by atoms with Crippen LogP contribution in [0.1, 0.15) is 12.5 Å². The highest BCUT2D eigenvalue weighted by Crippen LogP contribution is 2.11. The lowest BCUT2D eigenvalue weighted by Gasteiger charge is -2.10. The Bertz CT molecular complexity index is 251. The highest BCUT2D eigenvalue weighted by molar-refractivity contribution is 7.98. The van der Waals surface area contributed by atoms with Crippen LogP contribution in [0.2, 0.25) is 0 Å². The molecule has 1 aromatic carbocycles. The van der Waals surface area contributed by atoms with Crippen LogP contribution in [-0.4, -0.2) is 25.8 Å². The minimum Gasteiger partial charge on any atom is -0.356 e. The van der Waals surface area contributed by atoms with Gasteiger partial charge in [-0.2, -0.15) is 11.8 Å². The second kappa shape index (κ2) is 7.74. The summed E-state index contributed by atoms with van der Waals surface area (Å²) in [6.07, 6.45) is -0.0951. The van der Waals surface area contributed by atoms with Gasteiger partial charge in [-0.15, -0.1) is 0 Å². The summed E-state index contributed by atoms with van der Waals surface area (Å²) >= 11 is 1.88. The van der Waals surface area contributed by atoms with E-state index in [1.165, 1.54) is 5.56 Å². The third-order valence-electron chi connectivity index (χ3n) is 2.02. The first kappa shape index (κ1) is 12.6. The highest BCUT2D eigenvalue weighted by atomic mass is 32.2. The van der Waals surface area contributed by atoms with Gasteiger partial charge in [-0.3, -0.25) is 0 Å². The van der Waals surface area contributed by atoms with Gasteiger partial charge < -0.3 is 9.47 Å². The van der Waals surface area contributed by atoms with Gasteiger partial charge in [0.1, 0.15) is 0 Å². The molecule has 0 radical (unpaired) electrons. The van der Waals surface area contributed by atoms with Gasteiger partial charge in [-0.1, -0.05) is 30.3 Å². The Hall–Kier alpha value is -0.510. The molecule has 0 bridgehead atoms. The maximum Gasteiger partial charge on any atom is 0.154 e. The van der Waals surface area contributed by atoms with Crippen LogP contribution in [0.25, 0.3) is 0 Å². The Balaban J connectivity index is 2.03. The lowest BCUT2D eigenvalue weighted by molar-refractivity contribution is -0.105. The van der Waals surface area contributed by atoms with Crippen molar-refractivity contribution in [2.24, 2.45) is 0 Å². The van der Waals surface area contributed by atoms with Gasteiger partial charge in [0.2, 0.25) is 0 Å². The van der Waals surface area contributed by atoms with Crippen LogP contribution in [0, 0.1) is 0 Å². The van der Waals surface area contributed by atoms with E-state index in [1.54, 1.807) is 7.11 Å². The number of rotatable bonds is 7. The number of ether oxygens (including phenoxy) is 2. The summed E-state index contributed by atoms with van der Waals surface area (Å²) in [5.41, 5.74) is 1.36. The summed E-state index contributed by atoms with van der Waals surface area (Å²) in [6, 6.07) is 10.5. The third-order valence-corrected chi connectivity index (χ3v) is 3.02. The molecule has 0 aliphatic rings. The summed E-state index contributed by atoms with van der Waals surface area (Å²) in [5, 5.41) is 0. The number of benzene rings is 1. The molecule has 0 fully saturated rings. The smallest absolute Gasteiger partial charge is 0.154 e. The molecule has 0 saturated carbocycles. The molecule has 0 amide bonds. The van der Waals surface area contributed by atoms with E-state index in [2.05, 4.69) is 24.3 Å². The molecule has 1 unspecified atom stereocenters. The van der Waals surface area contributed by atoms with Crippen molar-refractivity contribution in [1.82, 2.24) is 0 Å². The van der Waals surface area contributed by atoms with Crippen molar-refractivity contribution >= 4 is 11.8 Å². The SMILES string of the molecule is COC(C)OCCSCc1ccccc1. The zero-order valence-corrected chi connectivity index (χ0v) is 10.1. The molecule has 1 aromatic rings. The molecule has 1 atom stereocenters. The lowest BCUT2D eigenvalue weighted by Crippen LogP contribution is -2.12. The molecule has 0 aliphatic carbocycles.